The number of thiophene rings is 1. The number of benzene rings is 2. The number of esters is 1. The molecule has 1 aromatic heterocycles. The van der Waals surface area contributed by atoms with E-state index >= 15 is 0 Å². The molecule has 3 aromatic rings. The fourth-order valence-corrected chi connectivity index (χ4v) is 5.89. The molecule has 0 saturated heterocycles. The molecule has 144 valence electrons. The third-order valence-corrected chi connectivity index (χ3v) is 7.74. The minimum absolute atomic E-state index is 0.0544. The number of hydrogen-bond acceptors (Lipinski definition) is 2. The number of rotatable bonds is 4. The monoisotopic (exact) mass is 391 g/mol. The van der Waals surface area contributed by atoms with E-state index < -0.39 is 5.60 Å². The van der Waals surface area contributed by atoms with Crippen molar-refractivity contribution in [1.82, 2.24) is 0 Å². The number of fused-ring (bicyclic) bond motifs is 1. The van der Waals surface area contributed by atoms with Crippen LogP contribution in [0.15, 0.2) is 71.6 Å². The second-order valence-electron chi connectivity index (χ2n) is 8.21. The summed E-state index contributed by atoms with van der Waals surface area (Å²) in [6.07, 6.45) is 5.68. The van der Waals surface area contributed by atoms with E-state index in [1.54, 1.807) is 0 Å². The molecule has 2 nitrogen and oxygen atoms in total. The van der Waals surface area contributed by atoms with Crippen LogP contribution in [0.5, 0.6) is 0 Å². The molecule has 0 amide bonds. The van der Waals surface area contributed by atoms with Crippen LogP contribution in [0.1, 0.15) is 50.4 Å². The van der Waals surface area contributed by atoms with E-state index in [0.717, 1.165) is 12.8 Å². The van der Waals surface area contributed by atoms with Crippen LogP contribution in [0.3, 0.4) is 0 Å². The highest BCUT2D eigenvalue weighted by molar-refractivity contribution is 7.43. The van der Waals surface area contributed by atoms with Crippen LogP contribution in [0.4, 0.5) is 0 Å². The minimum atomic E-state index is -0.494. The van der Waals surface area contributed by atoms with Crippen molar-refractivity contribution in [3.05, 3.63) is 77.2 Å². The highest BCUT2D eigenvalue weighted by Crippen LogP contribution is 2.39. The Morgan fingerprint density at radius 2 is 1.82 bits per heavy atom. The number of allylic oxidation sites excluding steroid dienone is 1. The molecule has 0 aliphatic heterocycles. The molecule has 4 rings (SSSR count). The Balaban J connectivity index is 1.52. The summed E-state index contributed by atoms with van der Waals surface area (Å²) >= 11 is 0. The topological polar surface area (TPSA) is 26.3 Å². The third kappa shape index (κ3) is 3.77. The zero-order valence-corrected chi connectivity index (χ0v) is 17.6. The average molecular weight is 392 g/mol. The van der Waals surface area contributed by atoms with Crippen molar-refractivity contribution < 1.29 is 9.53 Å². The van der Waals surface area contributed by atoms with E-state index in [1.807, 2.05) is 26.0 Å². The number of carbonyl (C=O) groups is 1. The van der Waals surface area contributed by atoms with Gasteiger partial charge in [0.25, 0.3) is 0 Å². The van der Waals surface area contributed by atoms with E-state index in [0.29, 0.717) is 5.56 Å². The van der Waals surface area contributed by atoms with Crippen molar-refractivity contribution >= 4 is 26.5 Å². The zero-order chi connectivity index (χ0) is 19.7. The highest BCUT2D eigenvalue weighted by atomic mass is 32.2. The molecule has 0 saturated carbocycles. The second kappa shape index (κ2) is 7.56. The minimum Gasteiger partial charge on any atom is -0.455 e. The van der Waals surface area contributed by atoms with Gasteiger partial charge in [-0.25, -0.2) is 4.79 Å². The standard InChI is InChI=1S/C25H27O2S/c1-18-7-6-9-21(17-18)25(2,3)27-24(26)20-11-13-22(14-12-20)28-16-15-19-8-4-5-10-23(19)28/h4-5,8,10-17,21H,6-7,9H2,1-3H3/q+1. The van der Waals surface area contributed by atoms with Gasteiger partial charge >= 0.3 is 5.97 Å². The quantitative estimate of drug-likeness (QED) is 0.266. The van der Waals surface area contributed by atoms with E-state index in [9.17, 15) is 4.79 Å². The predicted molar refractivity (Wildman–Crippen MR) is 118 cm³/mol. The fraction of sp³-hybridized carbons (Fsp3) is 0.320. The van der Waals surface area contributed by atoms with Gasteiger partial charge in [0.1, 0.15) is 11.0 Å². The first kappa shape index (κ1) is 18.9. The highest BCUT2D eigenvalue weighted by Gasteiger charge is 2.33. The SMILES string of the molecule is CC1=CC(C(C)(C)OC(=O)c2ccc(-[s+]3ccc4ccccc43)cc2)CCC1. The Morgan fingerprint density at radius 1 is 1.07 bits per heavy atom. The number of hydrogen-bond donors (Lipinski definition) is 0. The lowest BCUT2D eigenvalue weighted by Gasteiger charge is -2.34. The maximum absolute atomic E-state index is 12.8. The zero-order valence-electron chi connectivity index (χ0n) is 16.8. The van der Waals surface area contributed by atoms with Gasteiger partial charge in [-0.2, -0.15) is 0 Å². The Labute approximate surface area is 169 Å². The summed E-state index contributed by atoms with van der Waals surface area (Å²) in [5.74, 6) is 0.0463. The van der Waals surface area contributed by atoms with E-state index in [-0.39, 0.29) is 22.4 Å². The summed E-state index contributed by atoms with van der Waals surface area (Å²) in [5.41, 5.74) is 1.52. The fourth-order valence-electron chi connectivity index (χ4n) is 4.01. The molecule has 1 aliphatic rings. The smallest absolute Gasteiger partial charge is 0.338 e. The van der Waals surface area contributed by atoms with Crippen molar-refractivity contribution in [2.75, 3.05) is 0 Å². The summed E-state index contributed by atoms with van der Waals surface area (Å²) in [6, 6.07) is 18.6. The molecule has 0 N–H and O–H groups in total. The van der Waals surface area contributed by atoms with Gasteiger partial charge in [0.15, 0.2) is 9.60 Å². The summed E-state index contributed by atoms with van der Waals surface area (Å²) < 4.78 is 7.28. The van der Waals surface area contributed by atoms with Gasteiger partial charge < -0.3 is 4.74 Å². The lowest BCUT2D eigenvalue weighted by molar-refractivity contribution is -0.0228. The lowest BCUT2D eigenvalue weighted by Crippen LogP contribution is -2.36. The van der Waals surface area contributed by atoms with Gasteiger partial charge in [-0.1, -0.05) is 23.8 Å². The molecule has 0 fully saturated rings. The molecule has 0 spiro atoms. The van der Waals surface area contributed by atoms with Crippen LogP contribution in [0.2, 0.25) is 0 Å². The van der Waals surface area contributed by atoms with Crippen molar-refractivity contribution in [2.45, 2.75) is 45.6 Å². The second-order valence-corrected chi connectivity index (χ2v) is 10.1. The van der Waals surface area contributed by atoms with Crippen molar-refractivity contribution in [3.8, 4) is 4.90 Å². The molecule has 28 heavy (non-hydrogen) atoms. The Hall–Kier alpha value is -2.39. The van der Waals surface area contributed by atoms with E-state index in [4.69, 9.17) is 4.74 Å². The molecule has 1 aliphatic carbocycles. The Bertz CT molecular complexity index is 1020. The largest absolute Gasteiger partial charge is 0.455 e. The molecule has 3 heteroatoms. The molecule has 2 unspecified atom stereocenters. The van der Waals surface area contributed by atoms with Gasteiger partial charge in [-0.15, -0.1) is 0 Å². The Kier molecular flexibility index (Phi) is 5.11. The van der Waals surface area contributed by atoms with Crippen LogP contribution in [0, 0.1) is 5.92 Å². The molecular weight excluding hydrogens is 364 g/mol. The first-order valence-corrected chi connectivity index (χ1v) is 11.2. The summed E-state index contributed by atoms with van der Waals surface area (Å²) in [6.45, 7) is 6.22. The predicted octanol–water partition coefficient (Wildman–Crippen LogP) is 7.26. The normalized spacial score (nSPS) is 18.0. The van der Waals surface area contributed by atoms with Gasteiger partial charge in [-0.3, -0.25) is 0 Å². The third-order valence-electron chi connectivity index (χ3n) is 5.70. The van der Waals surface area contributed by atoms with E-state index in [1.165, 1.54) is 27.0 Å². The lowest BCUT2D eigenvalue weighted by atomic mass is 9.81. The first-order valence-electron chi connectivity index (χ1n) is 9.95. The first-order chi connectivity index (χ1) is 13.4. The van der Waals surface area contributed by atoms with Crippen molar-refractivity contribution in [2.24, 2.45) is 5.92 Å². The number of ether oxygens (including phenoxy) is 1. The van der Waals surface area contributed by atoms with Gasteiger partial charge in [0.2, 0.25) is 0 Å². The molecule has 0 bridgehead atoms. The van der Waals surface area contributed by atoms with Gasteiger partial charge in [0.05, 0.1) is 5.56 Å². The molecular formula is C25H27O2S+. The average Bonchev–Trinajstić information content (AvgIpc) is 3.12. The summed E-state index contributed by atoms with van der Waals surface area (Å²) in [4.78, 5) is 14.0. The van der Waals surface area contributed by atoms with Crippen LogP contribution in [-0.2, 0) is 4.74 Å². The van der Waals surface area contributed by atoms with Crippen LogP contribution in [-0.4, -0.2) is 11.6 Å². The van der Waals surface area contributed by atoms with Crippen LogP contribution >= 0.6 is 10.5 Å². The van der Waals surface area contributed by atoms with E-state index in [2.05, 4.69) is 60.8 Å². The maximum Gasteiger partial charge on any atom is 0.338 e. The molecule has 0 radical (unpaired) electrons. The van der Waals surface area contributed by atoms with Crippen molar-refractivity contribution in [1.29, 1.82) is 0 Å². The molecule has 2 aromatic carbocycles. The number of carbonyl (C=O) groups excluding carboxylic acids is 1. The van der Waals surface area contributed by atoms with Gasteiger partial charge in [0, 0.05) is 27.8 Å². The molecule has 1 heterocycles. The van der Waals surface area contributed by atoms with Crippen LogP contribution < -0.4 is 0 Å². The van der Waals surface area contributed by atoms with Gasteiger partial charge in [-0.05, 0) is 76.4 Å². The Morgan fingerprint density at radius 3 is 2.57 bits per heavy atom. The van der Waals surface area contributed by atoms with Crippen molar-refractivity contribution in [3.63, 3.8) is 0 Å². The summed E-state index contributed by atoms with van der Waals surface area (Å²) in [5, 5.41) is 3.53. The summed E-state index contributed by atoms with van der Waals surface area (Å²) in [7, 11) is -0.0544. The molecule has 2 atom stereocenters. The maximum atomic E-state index is 12.8. The van der Waals surface area contributed by atoms with Crippen LogP contribution in [0.25, 0.3) is 15.0 Å².